The number of nitrogens with one attached hydrogen (secondary N) is 3. The first kappa shape index (κ1) is 51.0. The van der Waals surface area contributed by atoms with Gasteiger partial charge in [-0.25, -0.2) is 4.79 Å². The van der Waals surface area contributed by atoms with E-state index >= 15 is 0 Å². The smallest absolute Gasteiger partial charge is 0.457 e. The van der Waals surface area contributed by atoms with Gasteiger partial charge in [-0.15, -0.1) is 0 Å². The predicted molar refractivity (Wildman–Crippen MR) is 229 cm³/mol. The number of rotatable bonds is 22. The van der Waals surface area contributed by atoms with Crippen LogP contribution < -0.4 is 21.9 Å². The minimum Gasteiger partial charge on any atom is -0.457 e. The van der Waals surface area contributed by atoms with Crippen molar-refractivity contribution in [1.29, 1.82) is 0 Å². The summed E-state index contributed by atoms with van der Waals surface area (Å²) in [6.07, 6.45) is 3.48. The summed E-state index contributed by atoms with van der Waals surface area (Å²) in [6.45, 7) is 33.0. The molecule has 0 aromatic carbocycles. The van der Waals surface area contributed by atoms with Gasteiger partial charge in [0.1, 0.15) is 6.10 Å². The summed E-state index contributed by atoms with van der Waals surface area (Å²) in [4.78, 5) is 52.6. The molecule has 1 amide bonds. The van der Waals surface area contributed by atoms with Crippen molar-refractivity contribution in [2.45, 2.75) is 207 Å². The summed E-state index contributed by atoms with van der Waals surface area (Å²) >= 11 is 0. The molecule has 0 radical (unpaired) electrons. The van der Waals surface area contributed by atoms with Gasteiger partial charge in [0.2, 0.25) is 5.91 Å². The lowest BCUT2D eigenvalue weighted by Gasteiger charge is -2.43. The van der Waals surface area contributed by atoms with E-state index in [1.54, 1.807) is 0 Å². The average Bonchev–Trinajstić information content (AvgIpc) is 3.34. The van der Waals surface area contributed by atoms with Gasteiger partial charge in [-0.2, -0.15) is 0 Å². The van der Waals surface area contributed by atoms with Crippen molar-refractivity contribution < 1.29 is 36.8 Å². The first-order valence-corrected chi connectivity index (χ1v) is 25.8. The number of esters is 1. The summed E-state index contributed by atoms with van der Waals surface area (Å²) in [6, 6.07) is 1.97. The van der Waals surface area contributed by atoms with E-state index in [9.17, 15) is 19.2 Å². The second-order valence-electron chi connectivity index (χ2n) is 19.7. The summed E-state index contributed by atoms with van der Waals surface area (Å²) in [5.41, 5.74) is -2.33. The van der Waals surface area contributed by atoms with Crippen LogP contribution in [-0.4, -0.2) is 93.3 Å². The Hall–Kier alpha value is -2.19. The Bertz CT molecular complexity index is 1480. The molecule has 2 rings (SSSR count). The highest BCUT2D eigenvalue weighted by Crippen LogP contribution is 2.43. The van der Waals surface area contributed by atoms with Crippen LogP contribution >= 0.6 is 0 Å². The number of H-pyrrole nitrogens is 1. The van der Waals surface area contributed by atoms with Gasteiger partial charge >= 0.3 is 20.5 Å². The van der Waals surface area contributed by atoms with E-state index in [0.29, 0.717) is 13.0 Å². The van der Waals surface area contributed by atoms with E-state index in [1.165, 1.54) is 16.8 Å². The Labute approximate surface area is 344 Å². The number of carbonyl (C=O) groups is 2. The summed E-state index contributed by atoms with van der Waals surface area (Å²) in [5, 5.41) is 6.30. The standard InChI is InChI=1S/C41H78N4O10Si2/c1-16-30-34(35(52-56(14,15)41(11,12)13)36(50-30)45-28-24-32(47)44-37(45)49)51-33(48)23-22-31(46)43-27-20-18-17-19-25-42-26-21-29-57(53-38(2,3)4,54-39(5,6)7)55-40(8,9)10/h24,28,30,34-36,42H,16-23,25-27,29H2,1-15H3,(H,43,46)(H,44,47,49)/t30-,34+,35?,36-/m1/s1. The summed E-state index contributed by atoms with van der Waals surface area (Å²) < 4.78 is 40.0. The molecule has 16 heteroatoms. The Morgan fingerprint density at radius 2 is 1.33 bits per heavy atom. The van der Waals surface area contributed by atoms with Crippen LogP contribution in [0.1, 0.15) is 148 Å². The predicted octanol–water partition coefficient (Wildman–Crippen LogP) is 6.97. The molecule has 330 valence electrons. The second kappa shape index (κ2) is 21.4. The van der Waals surface area contributed by atoms with Crippen molar-refractivity contribution in [2.75, 3.05) is 19.6 Å². The van der Waals surface area contributed by atoms with Crippen LogP contribution in [0.2, 0.25) is 24.2 Å². The zero-order chi connectivity index (χ0) is 43.5. The lowest BCUT2D eigenvalue weighted by molar-refractivity contribution is -0.156. The molecule has 1 aliphatic heterocycles. The normalized spacial score (nSPS) is 19.8. The largest absolute Gasteiger partial charge is 0.502 e. The van der Waals surface area contributed by atoms with Gasteiger partial charge in [0.05, 0.1) is 29.3 Å². The van der Waals surface area contributed by atoms with Gasteiger partial charge in [-0.3, -0.25) is 23.9 Å². The second-order valence-corrected chi connectivity index (χ2v) is 27.0. The van der Waals surface area contributed by atoms with Crippen molar-refractivity contribution >= 4 is 29.0 Å². The fourth-order valence-electron chi connectivity index (χ4n) is 6.31. The zero-order valence-electron chi connectivity index (χ0n) is 38.0. The fourth-order valence-corrected chi connectivity index (χ4v) is 11.4. The lowest BCUT2D eigenvalue weighted by atomic mass is 10.1. The molecule has 0 bridgehead atoms. The highest BCUT2D eigenvalue weighted by atomic mass is 28.4. The lowest BCUT2D eigenvalue weighted by Crippen LogP contribution is -2.57. The maximum Gasteiger partial charge on any atom is 0.502 e. The maximum atomic E-state index is 13.1. The number of unbranched alkanes of at least 4 members (excludes halogenated alkanes) is 3. The van der Waals surface area contributed by atoms with Crippen LogP contribution in [0.5, 0.6) is 0 Å². The zero-order valence-corrected chi connectivity index (χ0v) is 40.0. The Morgan fingerprint density at radius 1 is 0.789 bits per heavy atom. The molecule has 1 saturated heterocycles. The molecule has 3 N–H and O–H groups in total. The van der Waals surface area contributed by atoms with Gasteiger partial charge in [-0.05, 0) is 119 Å². The van der Waals surface area contributed by atoms with Crippen LogP contribution in [0.4, 0.5) is 0 Å². The van der Waals surface area contributed by atoms with Gasteiger partial charge in [0, 0.05) is 31.3 Å². The molecule has 2 heterocycles. The van der Waals surface area contributed by atoms with E-state index in [1.807, 2.05) is 69.2 Å². The third-order valence-corrected chi connectivity index (χ3v) is 17.9. The molecule has 1 aromatic heterocycles. The molecule has 1 fully saturated rings. The van der Waals surface area contributed by atoms with Gasteiger partial charge < -0.3 is 37.8 Å². The number of aromatic amines is 1. The number of hydrogen-bond donors (Lipinski definition) is 3. The molecule has 0 aliphatic carbocycles. The highest BCUT2D eigenvalue weighted by Gasteiger charge is 2.53. The van der Waals surface area contributed by atoms with Crippen molar-refractivity contribution in [3.8, 4) is 0 Å². The number of carbonyl (C=O) groups excluding carboxylic acids is 2. The first-order chi connectivity index (χ1) is 26.1. The van der Waals surface area contributed by atoms with Crippen LogP contribution in [0.15, 0.2) is 21.9 Å². The maximum absolute atomic E-state index is 13.1. The quantitative estimate of drug-likeness (QED) is 0.0627. The fraction of sp³-hybridized carbons (Fsp3) is 0.854. The molecular weight excluding hydrogens is 765 g/mol. The van der Waals surface area contributed by atoms with E-state index in [4.69, 9.17) is 27.2 Å². The van der Waals surface area contributed by atoms with E-state index in [0.717, 1.165) is 51.2 Å². The van der Waals surface area contributed by atoms with E-state index < -0.39 is 58.9 Å². The van der Waals surface area contributed by atoms with Gasteiger partial charge in [-0.1, -0.05) is 40.5 Å². The number of ether oxygens (including phenoxy) is 2. The number of hydrogen-bond acceptors (Lipinski definition) is 11. The van der Waals surface area contributed by atoms with Crippen LogP contribution in [0.25, 0.3) is 0 Å². The topological polar surface area (TPSA) is 168 Å². The molecule has 4 atom stereocenters. The monoisotopic (exact) mass is 843 g/mol. The average molecular weight is 843 g/mol. The van der Waals surface area contributed by atoms with E-state index in [2.05, 4.69) is 49.5 Å². The molecule has 0 spiro atoms. The van der Waals surface area contributed by atoms with Crippen LogP contribution in [-0.2, 0) is 36.8 Å². The third kappa shape index (κ3) is 18.3. The van der Waals surface area contributed by atoms with Gasteiger partial charge in [0.25, 0.3) is 5.56 Å². The summed E-state index contributed by atoms with van der Waals surface area (Å²) in [5.74, 6) is -0.753. The molecule has 0 saturated carbocycles. The van der Waals surface area contributed by atoms with Gasteiger partial charge in [0.15, 0.2) is 20.6 Å². The van der Waals surface area contributed by atoms with Crippen molar-refractivity contribution in [2.24, 2.45) is 0 Å². The van der Waals surface area contributed by atoms with Crippen LogP contribution in [0, 0.1) is 0 Å². The molecular formula is C41H78N4O10Si2. The SMILES string of the molecule is CC[C@H]1O[C@@H](n2ccc(=O)[nH]c2=O)C(O[Si](C)(C)C(C)(C)C)[C@H]1OC(=O)CCC(=O)NCCCCCCNCCC[Si](OC(C)(C)C)(OC(C)(C)C)OC(C)(C)C. The summed E-state index contributed by atoms with van der Waals surface area (Å²) in [7, 11) is -5.43. The molecule has 1 aliphatic rings. The molecule has 57 heavy (non-hydrogen) atoms. The number of aromatic nitrogens is 2. The third-order valence-electron chi connectivity index (χ3n) is 9.70. The minimum absolute atomic E-state index is 0.00376. The molecule has 14 nitrogen and oxygen atoms in total. The Balaban J connectivity index is 1.79. The van der Waals surface area contributed by atoms with Crippen molar-refractivity contribution in [1.82, 2.24) is 20.2 Å². The Kier molecular flexibility index (Phi) is 19.1. The molecule has 1 aromatic rings. The number of nitrogens with zero attached hydrogens (tertiary/aromatic N) is 1. The van der Waals surface area contributed by atoms with Crippen molar-refractivity contribution in [3.05, 3.63) is 33.1 Å². The van der Waals surface area contributed by atoms with Crippen LogP contribution in [0.3, 0.4) is 0 Å². The highest BCUT2D eigenvalue weighted by molar-refractivity contribution is 6.74. The number of amides is 1. The molecule has 1 unspecified atom stereocenters. The van der Waals surface area contributed by atoms with Crippen molar-refractivity contribution in [3.63, 3.8) is 0 Å². The Morgan fingerprint density at radius 3 is 1.84 bits per heavy atom. The van der Waals surface area contributed by atoms with E-state index in [-0.39, 0.29) is 40.6 Å². The minimum atomic E-state index is -2.99. The first-order valence-electron chi connectivity index (χ1n) is 21.0.